The Balaban J connectivity index is 1.79. The van der Waals surface area contributed by atoms with Gasteiger partial charge in [0.05, 0.1) is 0 Å². The molecule has 0 saturated heterocycles. The Labute approximate surface area is 191 Å². The molecule has 152 valence electrons. The van der Waals surface area contributed by atoms with Gasteiger partial charge in [0.15, 0.2) is 0 Å². The number of benzene rings is 4. The lowest BCUT2D eigenvalue weighted by atomic mass is 9.68. The van der Waals surface area contributed by atoms with E-state index in [1.165, 1.54) is 27.8 Å². The first kappa shape index (κ1) is 20.3. The van der Waals surface area contributed by atoms with Crippen LogP contribution in [0.25, 0.3) is 11.1 Å². The maximum absolute atomic E-state index is 9.91. The van der Waals surface area contributed by atoms with E-state index in [-0.39, 0.29) is 5.41 Å². The van der Waals surface area contributed by atoms with Gasteiger partial charge in [-0.15, -0.1) is 0 Å². The van der Waals surface area contributed by atoms with Gasteiger partial charge in [0.2, 0.25) is 0 Å². The van der Waals surface area contributed by atoms with E-state index in [1.54, 1.807) is 0 Å². The lowest BCUT2D eigenvalue weighted by Gasteiger charge is -2.33. The van der Waals surface area contributed by atoms with Crippen LogP contribution in [0.2, 0.25) is 0 Å². The van der Waals surface area contributed by atoms with E-state index in [4.69, 9.17) is 0 Å². The first-order chi connectivity index (χ1) is 15.1. The SMILES string of the molecule is OB(O)c1ccc2c(c1)C(Cc1ccccc1)(Cc1ccccc1)c1cc(Br)ccc1-2. The minimum Gasteiger partial charge on any atom is -0.423 e. The van der Waals surface area contributed by atoms with Crippen LogP contribution >= 0.6 is 15.9 Å². The van der Waals surface area contributed by atoms with Crippen LogP contribution in [0.3, 0.4) is 0 Å². The zero-order valence-corrected chi connectivity index (χ0v) is 18.6. The molecule has 2 N–H and O–H groups in total. The van der Waals surface area contributed by atoms with Gasteiger partial charge in [0, 0.05) is 9.89 Å². The molecule has 0 aromatic heterocycles. The van der Waals surface area contributed by atoms with Crippen LogP contribution in [0.1, 0.15) is 22.3 Å². The van der Waals surface area contributed by atoms with Crippen molar-refractivity contribution in [3.63, 3.8) is 0 Å². The Morgan fingerprint density at radius 2 is 1.16 bits per heavy atom. The van der Waals surface area contributed by atoms with E-state index in [0.29, 0.717) is 5.46 Å². The maximum atomic E-state index is 9.91. The third-order valence-electron chi connectivity index (χ3n) is 6.34. The average Bonchev–Trinajstić information content (AvgIpc) is 3.03. The second kappa shape index (κ2) is 8.12. The number of hydrogen-bond donors (Lipinski definition) is 2. The first-order valence-corrected chi connectivity index (χ1v) is 11.2. The Morgan fingerprint density at radius 1 is 0.645 bits per heavy atom. The zero-order valence-electron chi connectivity index (χ0n) is 17.0. The van der Waals surface area contributed by atoms with Gasteiger partial charge in [-0.3, -0.25) is 0 Å². The van der Waals surface area contributed by atoms with Crippen molar-refractivity contribution in [1.82, 2.24) is 0 Å². The molecule has 0 saturated carbocycles. The summed E-state index contributed by atoms with van der Waals surface area (Å²) in [5.74, 6) is 0. The highest BCUT2D eigenvalue weighted by Crippen LogP contribution is 2.52. The van der Waals surface area contributed by atoms with Gasteiger partial charge in [-0.2, -0.15) is 0 Å². The predicted octanol–water partition coefficient (Wildman–Crippen LogP) is 4.88. The summed E-state index contributed by atoms with van der Waals surface area (Å²) in [6.45, 7) is 0. The highest BCUT2D eigenvalue weighted by molar-refractivity contribution is 9.10. The second-order valence-electron chi connectivity index (χ2n) is 8.28. The van der Waals surface area contributed by atoms with Gasteiger partial charge in [0.1, 0.15) is 0 Å². The Morgan fingerprint density at radius 3 is 1.71 bits per heavy atom. The fourth-order valence-electron chi connectivity index (χ4n) is 4.98. The van der Waals surface area contributed by atoms with E-state index in [0.717, 1.165) is 22.9 Å². The molecule has 0 aliphatic heterocycles. The summed E-state index contributed by atoms with van der Waals surface area (Å²) < 4.78 is 1.05. The normalized spacial score (nSPS) is 13.5. The lowest BCUT2D eigenvalue weighted by Crippen LogP contribution is -2.35. The predicted molar refractivity (Wildman–Crippen MR) is 130 cm³/mol. The van der Waals surface area contributed by atoms with Crippen LogP contribution in [-0.2, 0) is 18.3 Å². The number of hydrogen-bond acceptors (Lipinski definition) is 2. The quantitative estimate of drug-likeness (QED) is 0.410. The molecule has 0 atom stereocenters. The molecule has 0 unspecified atom stereocenters. The van der Waals surface area contributed by atoms with Crippen molar-refractivity contribution in [2.75, 3.05) is 0 Å². The van der Waals surface area contributed by atoms with E-state index < -0.39 is 7.12 Å². The van der Waals surface area contributed by atoms with Crippen LogP contribution in [0.15, 0.2) is 102 Å². The van der Waals surface area contributed by atoms with Crippen molar-refractivity contribution in [2.24, 2.45) is 0 Å². The molecule has 0 radical (unpaired) electrons. The van der Waals surface area contributed by atoms with Crippen LogP contribution in [0.5, 0.6) is 0 Å². The van der Waals surface area contributed by atoms with E-state index in [1.807, 2.05) is 30.3 Å². The highest BCUT2D eigenvalue weighted by Gasteiger charge is 2.44. The van der Waals surface area contributed by atoms with Crippen molar-refractivity contribution >= 4 is 28.5 Å². The molecule has 4 heteroatoms. The summed E-state index contributed by atoms with van der Waals surface area (Å²) in [7, 11) is -1.49. The summed E-state index contributed by atoms with van der Waals surface area (Å²) in [5.41, 5.74) is 7.52. The summed E-state index contributed by atoms with van der Waals surface area (Å²) >= 11 is 3.69. The average molecular weight is 469 g/mol. The standard InChI is InChI=1S/C27H22BBrO2/c29-22-12-14-24-23-13-11-21(28(30)31)15-25(23)27(26(24)16-22,17-19-7-3-1-4-8-19)18-20-9-5-2-6-10-20/h1-16,30-31H,17-18H2. The first-order valence-electron chi connectivity index (χ1n) is 10.5. The number of fused-ring (bicyclic) bond motifs is 3. The molecule has 4 aromatic carbocycles. The molecule has 0 heterocycles. The van der Waals surface area contributed by atoms with Gasteiger partial charge in [-0.1, -0.05) is 101 Å². The fourth-order valence-corrected chi connectivity index (χ4v) is 5.34. The van der Waals surface area contributed by atoms with Gasteiger partial charge in [0.25, 0.3) is 0 Å². The van der Waals surface area contributed by atoms with Crippen LogP contribution in [-0.4, -0.2) is 17.2 Å². The van der Waals surface area contributed by atoms with Gasteiger partial charge in [-0.05, 0) is 63.8 Å². The summed E-state index contributed by atoms with van der Waals surface area (Å²) in [4.78, 5) is 0. The van der Waals surface area contributed by atoms with Crippen molar-refractivity contribution in [2.45, 2.75) is 18.3 Å². The van der Waals surface area contributed by atoms with Crippen molar-refractivity contribution in [3.8, 4) is 11.1 Å². The Kier molecular flexibility index (Phi) is 5.31. The van der Waals surface area contributed by atoms with E-state index in [2.05, 4.69) is 82.7 Å². The molecule has 1 aliphatic carbocycles. The van der Waals surface area contributed by atoms with Crippen LogP contribution in [0.4, 0.5) is 0 Å². The smallest absolute Gasteiger partial charge is 0.423 e. The molecule has 0 spiro atoms. The molecular weight excluding hydrogens is 447 g/mol. The lowest BCUT2D eigenvalue weighted by molar-refractivity contribution is 0.425. The molecule has 0 amide bonds. The van der Waals surface area contributed by atoms with Crippen LogP contribution < -0.4 is 5.46 Å². The maximum Gasteiger partial charge on any atom is 0.488 e. The Hall–Kier alpha value is -2.66. The summed E-state index contributed by atoms with van der Waals surface area (Å²) in [6.07, 6.45) is 1.65. The van der Waals surface area contributed by atoms with Gasteiger partial charge >= 0.3 is 7.12 Å². The molecule has 5 rings (SSSR count). The number of rotatable bonds is 5. The molecule has 1 aliphatic rings. The molecule has 31 heavy (non-hydrogen) atoms. The highest BCUT2D eigenvalue weighted by atomic mass is 79.9. The van der Waals surface area contributed by atoms with E-state index >= 15 is 0 Å². The van der Waals surface area contributed by atoms with Crippen LogP contribution in [0, 0.1) is 0 Å². The van der Waals surface area contributed by atoms with Crippen molar-refractivity contribution < 1.29 is 10.0 Å². The minimum absolute atomic E-state index is 0.317. The molecule has 0 bridgehead atoms. The second-order valence-corrected chi connectivity index (χ2v) is 9.19. The largest absolute Gasteiger partial charge is 0.488 e. The monoisotopic (exact) mass is 468 g/mol. The zero-order chi connectivity index (χ0) is 21.4. The molecule has 0 fully saturated rings. The van der Waals surface area contributed by atoms with E-state index in [9.17, 15) is 10.0 Å². The number of halogens is 1. The minimum atomic E-state index is -1.49. The van der Waals surface area contributed by atoms with Gasteiger partial charge < -0.3 is 10.0 Å². The van der Waals surface area contributed by atoms with Crippen molar-refractivity contribution in [1.29, 1.82) is 0 Å². The third kappa shape index (κ3) is 3.65. The summed E-state index contributed by atoms with van der Waals surface area (Å²) in [6, 6.07) is 33.4. The molecule has 4 aromatic rings. The fraction of sp³-hybridized carbons (Fsp3) is 0.111. The van der Waals surface area contributed by atoms with Gasteiger partial charge in [-0.25, -0.2) is 0 Å². The summed E-state index contributed by atoms with van der Waals surface area (Å²) in [5, 5.41) is 19.8. The van der Waals surface area contributed by atoms with Crippen molar-refractivity contribution in [3.05, 3.63) is 124 Å². The molecule has 2 nitrogen and oxygen atoms in total. The third-order valence-corrected chi connectivity index (χ3v) is 6.84. The topological polar surface area (TPSA) is 40.5 Å². The Bertz CT molecular complexity index is 1180. The molecular formula is C27H22BBrO2.